The van der Waals surface area contributed by atoms with Gasteiger partial charge in [-0.05, 0) is 6.08 Å². The third-order valence-electron chi connectivity index (χ3n) is 0.804. The number of hydrogen-bond donors (Lipinski definition) is 0. The van der Waals surface area contributed by atoms with E-state index < -0.39 is 0 Å². The van der Waals surface area contributed by atoms with Crippen LogP contribution < -0.4 is 0 Å². The van der Waals surface area contributed by atoms with E-state index in [-0.39, 0.29) is 9.83 Å². The molecule has 1 unspecified atom stereocenters. The maximum atomic E-state index is 10.5. The van der Waals surface area contributed by atoms with Crippen LogP contribution in [-0.2, 0) is 4.79 Å². The van der Waals surface area contributed by atoms with E-state index in [1.54, 1.807) is 6.08 Å². The number of carbonyl (C=O) groups excluding carboxylic acids is 1. The van der Waals surface area contributed by atoms with Gasteiger partial charge in [-0.3, -0.25) is 4.79 Å². The van der Waals surface area contributed by atoms with Gasteiger partial charge in [0.1, 0.15) is 3.92 Å². The molecule has 0 saturated heterocycles. The first kappa shape index (κ1) is 5.94. The van der Waals surface area contributed by atoms with Crippen LogP contribution >= 0.6 is 22.6 Å². The Hall–Kier alpha value is -0.190. The topological polar surface area (TPSA) is 29.4 Å². The monoisotopic (exact) mass is 221 g/mol. The predicted molar refractivity (Wildman–Crippen MR) is 40.4 cm³/mol. The number of hydrogen-bond acceptors (Lipinski definition) is 1. The Morgan fingerprint density at radius 3 is 2.88 bits per heavy atom. The minimum atomic E-state index is -0.0619. The van der Waals surface area contributed by atoms with Crippen LogP contribution in [-0.4, -0.2) is 16.0 Å². The highest BCUT2D eigenvalue weighted by Crippen LogP contribution is 2.06. The fraction of sp³-hybridized carbons (Fsp3) is 0.200. The number of nitrogens with zero attached hydrogens (tertiary/aromatic N) is 1. The molecule has 2 nitrogen and oxygen atoms in total. The lowest BCUT2D eigenvalue weighted by Crippen LogP contribution is -2.10. The van der Waals surface area contributed by atoms with Crippen molar-refractivity contribution in [2.24, 2.45) is 4.99 Å². The summed E-state index contributed by atoms with van der Waals surface area (Å²) >= 11 is 2.03. The van der Waals surface area contributed by atoms with Gasteiger partial charge < -0.3 is 0 Å². The molecular weight excluding hydrogens is 217 g/mol. The molecule has 1 aliphatic heterocycles. The molecule has 0 aromatic carbocycles. The molecule has 1 atom stereocenters. The van der Waals surface area contributed by atoms with Crippen molar-refractivity contribution in [3.05, 3.63) is 12.2 Å². The highest BCUT2D eigenvalue weighted by Gasteiger charge is 2.09. The Morgan fingerprint density at radius 1 is 1.75 bits per heavy atom. The van der Waals surface area contributed by atoms with Crippen LogP contribution in [0, 0.1) is 0 Å². The third kappa shape index (κ3) is 1.15. The maximum absolute atomic E-state index is 10.5. The van der Waals surface area contributed by atoms with Crippen molar-refractivity contribution in [2.75, 3.05) is 0 Å². The van der Waals surface area contributed by atoms with Crippen molar-refractivity contribution >= 4 is 34.7 Å². The lowest BCUT2D eigenvalue weighted by molar-refractivity contribution is -0.116. The molecule has 0 radical (unpaired) electrons. The minimum Gasteiger partial charge on any atom is -0.271 e. The molecule has 1 aliphatic rings. The lowest BCUT2D eigenvalue weighted by atomic mass is 10.3. The molecule has 8 heavy (non-hydrogen) atoms. The molecule has 1 heterocycles. The number of amides is 1. The van der Waals surface area contributed by atoms with Crippen LogP contribution in [0.15, 0.2) is 17.1 Å². The normalized spacial score (nSPS) is 26.6. The van der Waals surface area contributed by atoms with Crippen LogP contribution in [0.2, 0.25) is 0 Å². The average molecular weight is 221 g/mol. The molecule has 3 heteroatoms. The van der Waals surface area contributed by atoms with Crippen molar-refractivity contribution in [2.45, 2.75) is 3.92 Å². The summed E-state index contributed by atoms with van der Waals surface area (Å²) in [6, 6.07) is 0. The predicted octanol–water partition coefficient (Wildman–Crippen LogP) is 0.957. The van der Waals surface area contributed by atoms with Gasteiger partial charge >= 0.3 is 0 Å². The summed E-state index contributed by atoms with van der Waals surface area (Å²) in [5.74, 6) is -0.0619. The van der Waals surface area contributed by atoms with Crippen molar-refractivity contribution in [3.8, 4) is 0 Å². The van der Waals surface area contributed by atoms with E-state index in [0.29, 0.717) is 0 Å². The Labute approximate surface area is 60.8 Å². The van der Waals surface area contributed by atoms with Crippen LogP contribution in [0.3, 0.4) is 0 Å². The number of aliphatic imine (C=N–C) groups is 1. The van der Waals surface area contributed by atoms with Crippen LogP contribution in [0.25, 0.3) is 0 Å². The second-order valence-electron chi connectivity index (χ2n) is 1.40. The van der Waals surface area contributed by atoms with Gasteiger partial charge in [-0.1, -0.05) is 28.7 Å². The van der Waals surface area contributed by atoms with Crippen LogP contribution in [0.5, 0.6) is 0 Å². The Morgan fingerprint density at radius 2 is 2.50 bits per heavy atom. The lowest BCUT2D eigenvalue weighted by Gasteiger charge is -1.98. The largest absolute Gasteiger partial charge is 0.271 e. The van der Waals surface area contributed by atoms with E-state index in [1.807, 2.05) is 28.7 Å². The number of rotatable bonds is 0. The zero-order chi connectivity index (χ0) is 5.98. The summed E-state index contributed by atoms with van der Waals surface area (Å²) in [6.45, 7) is 0. The molecular formula is C5H4INO. The molecule has 1 amide bonds. The van der Waals surface area contributed by atoms with E-state index in [1.165, 1.54) is 6.21 Å². The molecule has 0 aromatic rings. The summed E-state index contributed by atoms with van der Waals surface area (Å²) in [7, 11) is 0. The third-order valence-corrected chi connectivity index (χ3v) is 1.75. The summed E-state index contributed by atoms with van der Waals surface area (Å²) in [5, 5.41) is 0. The van der Waals surface area contributed by atoms with Crippen molar-refractivity contribution < 1.29 is 4.79 Å². The number of halogens is 1. The van der Waals surface area contributed by atoms with Crippen molar-refractivity contribution in [3.63, 3.8) is 0 Å². The standard InChI is InChI=1S/C5H4INO/c6-4-2-1-3-7-5(4)8/h1-4H. The first-order valence-corrected chi connectivity index (χ1v) is 3.44. The zero-order valence-corrected chi connectivity index (χ0v) is 6.20. The molecule has 0 aliphatic carbocycles. The molecule has 0 spiro atoms. The fourth-order valence-electron chi connectivity index (χ4n) is 0.417. The maximum Gasteiger partial charge on any atom is 0.262 e. The Kier molecular flexibility index (Phi) is 1.77. The van der Waals surface area contributed by atoms with E-state index in [4.69, 9.17) is 0 Å². The molecule has 0 fully saturated rings. The minimum absolute atomic E-state index is 0.0439. The number of carbonyl (C=O) groups is 1. The highest BCUT2D eigenvalue weighted by molar-refractivity contribution is 14.1. The van der Waals surface area contributed by atoms with Gasteiger partial charge in [0.05, 0.1) is 0 Å². The number of dihydropyridines is 1. The van der Waals surface area contributed by atoms with E-state index in [9.17, 15) is 4.79 Å². The van der Waals surface area contributed by atoms with E-state index in [0.717, 1.165) is 0 Å². The van der Waals surface area contributed by atoms with E-state index in [2.05, 4.69) is 4.99 Å². The first-order chi connectivity index (χ1) is 3.80. The highest BCUT2D eigenvalue weighted by atomic mass is 127. The van der Waals surface area contributed by atoms with Crippen LogP contribution in [0.1, 0.15) is 0 Å². The number of alkyl halides is 1. The van der Waals surface area contributed by atoms with Gasteiger partial charge in [0.25, 0.3) is 5.91 Å². The molecule has 0 aromatic heterocycles. The SMILES string of the molecule is O=C1N=CC=CC1I. The Bertz CT molecular complexity index is 162. The summed E-state index contributed by atoms with van der Waals surface area (Å²) < 4.78 is -0.0439. The second kappa shape index (κ2) is 2.39. The van der Waals surface area contributed by atoms with Gasteiger partial charge in [0.2, 0.25) is 0 Å². The first-order valence-electron chi connectivity index (χ1n) is 2.19. The summed E-state index contributed by atoms with van der Waals surface area (Å²) in [6.07, 6.45) is 5.10. The smallest absolute Gasteiger partial charge is 0.262 e. The zero-order valence-electron chi connectivity index (χ0n) is 4.04. The van der Waals surface area contributed by atoms with Crippen LogP contribution in [0.4, 0.5) is 0 Å². The second-order valence-corrected chi connectivity index (χ2v) is 2.75. The fourth-order valence-corrected chi connectivity index (χ4v) is 0.818. The molecule has 0 bridgehead atoms. The van der Waals surface area contributed by atoms with Crippen molar-refractivity contribution in [1.29, 1.82) is 0 Å². The quantitative estimate of drug-likeness (QED) is 0.442. The molecule has 1 rings (SSSR count). The average Bonchev–Trinajstić information content (AvgIpc) is 1.77. The van der Waals surface area contributed by atoms with Gasteiger partial charge in [-0.15, -0.1) is 0 Å². The molecule has 42 valence electrons. The molecule has 0 saturated carbocycles. The van der Waals surface area contributed by atoms with Gasteiger partial charge in [0.15, 0.2) is 0 Å². The Balaban J connectivity index is 2.74. The number of allylic oxidation sites excluding steroid dienone is 1. The van der Waals surface area contributed by atoms with Crippen molar-refractivity contribution in [1.82, 2.24) is 0 Å². The van der Waals surface area contributed by atoms with E-state index >= 15 is 0 Å². The summed E-state index contributed by atoms with van der Waals surface area (Å²) in [4.78, 5) is 14.1. The van der Waals surface area contributed by atoms with Gasteiger partial charge in [-0.25, -0.2) is 4.99 Å². The summed E-state index contributed by atoms with van der Waals surface area (Å²) in [5.41, 5.74) is 0. The van der Waals surface area contributed by atoms with Gasteiger partial charge in [-0.2, -0.15) is 0 Å². The molecule has 0 N–H and O–H groups in total. The van der Waals surface area contributed by atoms with Gasteiger partial charge in [0, 0.05) is 6.21 Å².